The number of rotatable bonds is 4. The van der Waals surface area contributed by atoms with Crippen LogP contribution >= 0.6 is 15.9 Å². The zero-order chi connectivity index (χ0) is 14.9. The SMILES string of the molecule is CCC(C)c1ccc(-c2c(Br)c(C(=O)O)nn2C)cc1. The highest BCUT2D eigenvalue weighted by Crippen LogP contribution is 2.31. The molecule has 0 saturated carbocycles. The van der Waals surface area contributed by atoms with E-state index in [0.29, 0.717) is 10.4 Å². The highest BCUT2D eigenvalue weighted by Gasteiger charge is 2.20. The van der Waals surface area contributed by atoms with Gasteiger partial charge in [-0.3, -0.25) is 4.68 Å². The number of hydrogen-bond donors (Lipinski definition) is 1. The van der Waals surface area contributed by atoms with Gasteiger partial charge < -0.3 is 5.11 Å². The molecule has 1 aromatic heterocycles. The maximum Gasteiger partial charge on any atom is 0.357 e. The number of carboxylic acid groups (broad SMARTS) is 1. The first-order valence-electron chi connectivity index (χ1n) is 6.51. The van der Waals surface area contributed by atoms with Crippen LogP contribution in [0.4, 0.5) is 0 Å². The first kappa shape index (κ1) is 14.8. The van der Waals surface area contributed by atoms with Crippen LogP contribution in [0.15, 0.2) is 28.7 Å². The average molecular weight is 337 g/mol. The van der Waals surface area contributed by atoms with Crippen molar-refractivity contribution in [1.82, 2.24) is 9.78 Å². The summed E-state index contributed by atoms with van der Waals surface area (Å²) in [7, 11) is 1.75. The van der Waals surface area contributed by atoms with Crippen molar-refractivity contribution in [2.24, 2.45) is 7.05 Å². The largest absolute Gasteiger partial charge is 0.476 e. The third-order valence-corrected chi connectivity index (χ3v) is 4.31. The highest BCUT2D eigenvalue weighted by molar-refractivity contribution is 9.10. The van der Waals surface area contributed by atoms with Gasteiger partial charge in [0, 0.05) is 12.6 Å². The number of benzene rings is 1. The third-order valence-electron chi connectivity index (χ3n) is 3.56. The first-order valence-corrected chi connectivity index (χ1v) is 7.31. The predicted molar refractivity (Wildman–Crippen MR) is 82.0 cm³/mol. The second kappa shape index (κ2) is 5.79. The molecule has 1 aromatic carbocycles. The van der Waals surface area contributed by atoms with Crippen LogP contribution in [0.2, 0.25) is 0 Å². The molecule has 1 unspecified atom stereocenters. The monoisotopic (exact) mass is 336 g/mol. The molecular weight excluding hydrogens is 320 g/mol. The number of nitrogens with zero attached hydrogens (tertiary/aromatic N) is 2. The summed E-state index contributed by atoms with van der Waals surface area (Å²) in [5.41, 5.74) is 3.05. The summed E-state index contributed by atoms with van der Waals surface area (Å²) in [6.45, 7) is 4.35. The molecule has 1 atom stereocenters. The van der Waals surface area contributed by atoms with E-state index in [-0.39, 0.29) is 5.69 Å². The van der Waals surface area contributed by atoms with Gasteiger partial charge in [-0.05, 0) is 33.8 Å². The van der Waals surface area contributed by atoms with Gasteiger partial charge in [-0.2, -0.15) is 5.10 Å². The number of aryl methyl sites for hydroxylation is 1. The Bertz CT molecular complexity index is 632. The fourth-order valence-corrected chi connectivity index (χ4v) is 2.89. The molecule has 0 aliphatic carbocycles. The van der Waals surface area contributed by atoms with E-state index in [1.54, 1.807) is 11.7 Å². The van der Waals surface area contributed by atoms with E-state index in [9.17, 15) is 4.79 Å². The highest BCUT2D eigenvalue weighted by atomic mass is 79.9. The Kier molecular flexibility index (Phi) is 4.28. The van der Waals surface area contributed by atoms with Crippen LogP contribution in [-0.4, -0.2) is 20.9 Å². The molecule has 0 amide bonds. The summed E-state index contributed by atoms with van der Waals surface area (Å²) in [6.07, 6.45) is 1.10. The van der Waals surface area contributed by atoms with E-state index in [4.69, 9.17) is 5.11 Å². The van der Waals surface area contributed by atoms with Crippen molar-refractivity contribution in [3.8, 4) is 11.3 Å². The molecule has 20 heavy (non-hydrogen) atoms. The van der Waals surface area contributed by atoms with Crippen LogP contribution in [-0.2, 0) is 7.05 Å². The summed E-state index contributed by atoms with van der Waals surface area (Å²) < 4.78 is 2.11. The topological polar surface area (TPSA) is 55.1 Å². The molecule has 4 nitrogen and oxygen atoms in total. The molecular formula is C15H17BrN2O2. The van der Waals surface area contributed by atoms with Crippen LogP contribution in [0, 0.1) is 0 Å². The number of halogens is 1. The van der Waals surface area contributed by atoms with Crippen molar-refractivity contribution in [3.63, 3.8) is 0 Å². The lowest BCUT2D eigenvalue weighted by atomic mass is 9.97. The summed E-state index contributed by atoms with van der Waals surface area (Å²) in [5, 5.41) is 13.1. The summed E-state index contributed by atoms with van der Waals surface area (Å²) in [5.74, 6) is -0.511. The lowest BCUT2D eigenvalue weighted by molar-refractivity contribution is 0.0688. The van der Waals surface area contributed by atoms with E-state index in [1.807, 2.05) is 12.1 Å². The molecule has 0 saturated heterocycles. The Morgan fingerprint density at radius 1 is 1.40 bits per heavy atom. The van der Waals surface area contributed by atoms with Crippen LogP contribution < -0.4 is 0 Å². The quantitative estimate of drug-likeness (QED) is 0.915. The van der Waals surface area contributed by atoms with Crippen molar-refractivity contribution < 1.29 is 9.90 Å². The molecule has 0 bridgehead atoms. The zero-order valence-corrected chi connectivity index (χ0v) is 13.3. The lowest BCUT2D eigenvalue weighted by Gasteiger charge is -2.10. The molecule has 5 heteroatoms. The van der Waals surface area contributed by atoms with Gasteiger partial charge in [-0.15, -0.1) is 0 Å². The minimum absolute atomic E-state index is 0.0357. The van der Waals surface area contributed by atoms with Crippen molar-refractivity contribution in [1.29, 1.82) is 0 Å². The van der Waals surface area contributed by atoms with Gasteiger partial charge in [-0.1, -0.05) is 38.1 Å². The van der Waals surface area contributed by atoms with Crippen LogP contribution in [0.3, 0.4) is 0 Å². The number of carbonyl (C=O) groups is 1. The molecule has 1 heterocycles. The predicted octanol–water partition coefficient (Wildman–Crippen LogP) is 4.06. The first-order chi connectivity index (χ1) is 9.45. The van der Waals surface area contributed by atoms with Gasteiger partial charge in [-0.25, -0.2) is 4.79 Å². The molecule has 1 N–H and O–H groups in total. The van der Waals surface area contributed by atoms with E-state index in [1.165, 1.54) is 5.56 Å². The second-order valence-electron chi connectivity index (χ2n) is 4.87. The summed E-state index contributed by atoms with van der Waals surface area (Å²) >= 11 is 3.34. The van der Waals surface area contributed by atoms with Crippen LogP contribution in [0.5, 0.6) is 0 Å². The van der Waals surface area contributed by atoms with Crippen LogP contribution in [0.25, 0.3) is 11.3 Å². The van der Waals surface area contributed by atoms with Crippen molar-refractivity contribution in [2.45, 2.75) is 26.2 Å². The van der Waals surface area contributed by atoms with Crippen LogP contribution in [0.1, 0.15) is 42.2 Å². The fraction of sp³-hybridized carbons (Fsp3) is 0.333. The Labute approximate surface area is 126 Å². The molecule has 2 aromatic rings. The van der Waals surface area contributed by atoms with Gasteiger partial charge >= 0.3 is 5.97 Å². The Balaban J connectivity index is 2.44. The molecule has 0 aliphatic rings. The minimum atomic E-state index is -1.03. The minimum Gasteiger partial charge on any atom is -0.476 e. The van der Waals surface area contributed by atoms with Crippen molar-refractivity contribution in [2.75, 3.05) is 0 Å². The third kappa shape index (κ3) is 2.63. The summed E-state index contributed by atoms with van der Waals surface area (Å²) in [4.78, 5) is 11.1. The van der Waals surface area contributed by atoms with E-state index in [0.717, 1.165) is 17.7 Å². The van der Waals surface area contributed by atoms with Gasteiger partial charge in [0.15, 0.2) is 5.69 Å². The smallest absolute Gasteiger partial charge is 0.357 e. The van der Waals surface area contributed by atoms with Crippen molar-refractivity contribution >= 4 is 21.9 Å². The maximum atomic E-state index is 11.1. The zero-order valence-electron chi connectivity index (χ0n) is 11.7. The summed E-state index contributed by atoms with van der Waals surface area (Å²) in [6, 6.07) is 8.19. The normalized spacial score (nSPS) is 12.4. The molecule has 0 aliphatic heterocycles. The van der Waals surface area contributed by atoms with Gasteiger partial charge in [0.05, 0.1) is 10.2 Å². The Morgan fingerprint density at radius 3 is 2.45 bits per heavy atom. The van der Waals surface area contributed by atoms with E-state index >= 15 is 0 Å². The molecule has 106 valence electrons. The second-order valence-corrected chi connectivity index (χ2v) is 5.66. The molecule has 0 spiro atoms. The average Bonchev–Trinajstić information content (AvgIpc) is 2.73. The molecule has 2 rings (SSSR count). The number of aromatic carboxylic acids is 1. The molecule has 0 fully saturated rings. The standard InChI is InChI=1S/C15H17BrN2O2/c1-4-9(2)10-5-7-11(8-6-10)14-12(16)13(15(19)20)17-18(14)3/h5-9H,4H2,1-3H3,(H,19,20). The number of hydrogen-bond acceptors (Lipinski definition) is 2. The van der Waals surface area contributed by atoms with E-state index in [2.05, 4.69) is 47.0 Å². The van der Waals surface area contributed by atoms with Crippen molar-refractivity contribution in [3.05, 3.63) is 40.0 Å². The van der Waals surface area contributed by atoms with Gasteiger partial charge in [0.1, 0.15) is 0 Å². The Morgan fingerprint density at radius 2 is 2.00 bits per heavy atom. The number of carboxylic acids is 1. The Hall–Kier alpha value is -1.62. The lowest BCUT2D eigenvalue weighted by Crippen LogP contribution is -1.99. The number of aromatic nitrogens is 2. The maximum absolute atomic E-state index is 11.1. The van der Waals surface area contributed by atoms with E-state index < -0.39 is 5.97 Å². The molecule has 0 radical (unpaired) electrons. The fourth-order valence-electron chi connectivity index (χ4n) is 2.15. The van der Waals surface area contributed by atoms with Gasteiger partial charge in [0.2, 0.25) is 0 Å². The van der Waals surface area contributed by atoms with Gasteiger partial charge in [0.25, 0.3) is 0 Å².